The molecule has 6 heteroatoms. The molecule has 0 atom stereocenters. The highest BCUT2D eigenvalue weighted by atomic mass is 35.5. The SMILES string of the molecule is Cc1nnc(-c2cccc(NC(=O)Cc3ccccc3Cl)c2)o1. The molecule has 0 aliphatic rings. The summed E-state index contributed by atoms with van der Waals surface area (Å²) in [6.45, 7) is 1.73. The number of benzene rings is 2. The van der Waals surface area contributed by atoms with Crippen LogP contribution in [0, 0.1) is 6.92 Å². The molecule has 0 aliphatic carbocycles. The molecule has 0 fully saturated rings. The molecule has 1 N–H and O–H groups in total. The highest BCUT2D eigenvalue weighted by Crippen LogP contribution is 2.22. The molecule has 3 rings (SSSR count). The van der Waals surface area contributed by atoms with E-state index in [9.17, 15) is 4.79 Å². The van der Waals surface area contributed by atoms with Gasteiger partial charge in [-0.25, -0.2) is 0 Å². The maximum Gasteiger partial charge on any atom is 0.247 e. The van der Waals surface area contributed by atoms with E-state index < -0.39 is 0 Å². The number of nitrogens with zero attached hydrogens (tertiary/aromatic N) is 2. The Hall–Kier alpha value is -2.66. The Balaban J connectivity index is 1.73. The molecule has 0 saturated carbocycles. The van der Waals surface area contributed by atoms with E-state index in [1.165, 1.54) is 0 Å². The van der Waals surface area contributed by atoms with Crippen LogP contribution in [0.15, 0.2) is 52.9 Å². The lowest BCUT2D eigenvalue weighted by atomic mass is 10.1. The fourth-order valence-corrected chi connectivity index (χ4v) is 2.37. The second kappa shape index (κ2) is 6.62. The Kier molecular flexibility index (Phi) is 4.39. The van der Waals surface area contributed by atoms with Gasteiger partial charge in [0.15, 0.2) is 0 Å². The van der Waals surface area contributed by atoms with Gasteiger partial charge in [0.25, 0.3) is 0 Å². The van der Waals surface area contributed by atoms with Crippen molar-refractivity contribution < 1.29 is 9.21 Å². The second-order valence-corrected chi connectivity index (χ2v) is 5.43. The Morgan fingerprint density at radius 3 is 2.74 bits per heavy atom. The lowest BCUT2D eigenvalue weighted by Crippen LogP contribution is -2.14. The number of anilines is 1. The topological polar surface area (TPSA) is 68.0 Å². The number of hydrogen-bond donors (Lipinski definition) is 1. The van der Waals surface area contributed by atoms with Crippen LogP contribution in [0.3, 0.4) is 0 Å². The number of halogens is 1. The molecule has 2 aromatic carbocycles. The molecule has 116 valence electrons. The zero-order valence-corrected chi connectivity index (χ0v) is 13.2. The zero-order valence-electron chi connectivity index (χ0n) is 12.4. The third-order valence-electron chi connectivity index (χ3n) is 3.23. The average Bonchev–Trinajstić information content (AvgIpc) is 2.96. The number of amides is 1. The fourth-order valence-electron chi connectivity index (χ4n) is 2.16. The maximum atomic E-state index is 12.2. The van der Waals surface area contributed by atoms with Crippen molar-refractivity contribution >= 4 is 23.2 Å². The summed E-state index contributed by atoms with van der Waals surface area (Å²) in [5.41, 5.74) is 2.20. The largest absolute Gasteiger partial charge is 0.421 e. The van der Waals surface area contributed by atoms with E-state index in [-0.39, 0.29) is 12.3 Å². The van der Waals surface area contributed by atoms with Gasteiger partial charge >= 0.3 is 0 Å². The molecule has 0 spiro atoms. The fraction of sp³-hybridized carbons (Fsp3) is 0.118. The Morgan fingerprint density at radius 1 is 1.17 bits per heavy atom. The van der Waals surface area contributed by atoms with Crippen molar-refractivity contribution in [3.05, 3.63) is 65.0 Å². The Bertz CT molecular complexity index is 845. The second-order valence-electron chi connectivity index (χ2n) is 5.02. The predicted molar refractivity (Wildman–Crippen MR) is 88.3 cm³/mol. The van der Waals surface area contributed by atoms with Gasteiger partial charge < -0.3 is 9.73 Å². The van der Waals surface area contributed by atoms with Gasteiger partial charge in [-0.05, 0) is 29.8 Å². The molecule has 23 heavy (non-hydrogen) atoms. The number of carbonyl (C=O) groups excluding carboxylic acids is 1. The van der Waals surface area contributed by atoms with Crippen molar-refractivity contribution in [1.82, 2.24) is 10.2 Å². The predicted octanol–water partition coefficient (Wildman–Crippen LogP) is 3.88. The lowest BCUT2D eigenvalue weighted by molar-refractivity contribution is -0.115. The van der Waals surface area contributed by atoms with Crippen molar-refractivity contribution in [3.8, 4) is 11.5 Å². The van der Waals surface area contributed by atoms with Gasteiger partial charge in [-0.2, -0.15) is 0 Å². The highest BCUT2D eigenvalue weighted by Gasteiger charge is 2.10. The van der Waals surface area contributed by atoms with Crippen molar-refractivity contribution in [2.24, 2.45) is 0 Å². The van der Waals surface area contributed by atoms with Crippen LogP contribution >= 0.6 is 11.6 Å². The summed E-state index contributed by atoms with van der Waals surface area (Å²) in [6.07, 6.45) is 0.212. The Labute approximate surface area is 138 Å². The summed E-state index contributed by atoms with van der Waals surface area (Å²) >= 11 is 6.07. The zero-order chi connectivity index (χ0) is 16.2. The van der Waals surface area contributed by atoms with Crippen LogP contribution in [-0.4, -0.2) is 16.1 Å². The van der Waals surface area contributed by atoms with Gasteiger partial charge in [-0.3, -0.25) is 4.79 Å². The molecule has 0 radical (unpaired) electrons. The first-order chi connectivity index (χ1) is 11.1. The van der Waals surface area contributed by atoms with E-state index in [2.05, 4.69) is 15.5 Å². The van der Waals surface area contributed by atoms with Gasteiger partial charge in [0.2, 0.25) is 17.7 Å². The van der Waals surface area contributed by atoms with Crippen molar-refractivity contribution in [3.63, 3.8) is 0 Å². The summed E-state index contributed by atoms with van der Waals surface area (Å²) in [5.74, 6) is 0.773. The van der Waals surface area contributed by atoms with Crippen molar-refractivity contribution in [1.29, 1.82) is 0 Å². The number of nitrogens with one attached hydrogen (secondary N) is 1. The van der Waals surface area contributed by atoms with Crippen molar-refractivity contribution in [2.75, 3.05) is 5.32 Å². The minimum atomic E-state index is -0.142. The third kappa shape index (κ3) is 3.76. The maximum absolute atomic E-state index is 12.2. The van der Waals surface area contributed by atoms with Crippen molar-refractivity contribution in [2.45, 2.75) is 13.3 Å². The first-order valence-corrected chi connectivity index (χ1v) is 7.43. The highest BCUT2D eigenvalue weighted by molar-refractivity contribution is 6.31. The van der Waals surface area contributed by atoms with E-state index >= 15 is 0 Å². The molecule has 1 aromatic heterocycles. The molecule has 5 nitrogen and oxygen atoms in total. The molecule has 0 aliphatic heterocycles. The van der Waals surface area contributed by atoms with Gasteiger partial charge in [-0.1, -0.05) is 35.9 Å². The van der Waals surface area contributed by atoms with Crippen LogP contribution in [-0.2, 0) is 11.2 Å². The monoisotopic (exact) mass is 327 g/mol. The quantitative estimate of drug-likeness (QED) is 0.789. The molecule has 0 bridgehead atoms. The van der Waals surface area contributed by atoms with Gasteiger partial charge in [0.1, 0.15) is 0 Å². The van der Waals surface area contributed by atoms with Crippen LogP contribution in [0.2, 0.25) is 5.02 Å². The van der Waals surface area contributed by atoms with Crippen LogP contribution in [0.1, 0.15) is 11.5 Å². The van der Waals surface area contributed by atoms with Crippen LogP contribution in [0.25, 0.3) is 11.5 Å². The summed E-state index contributed by atoms with van der Waals surface area (Å²) in [5, 5.41) is 11.2. The van der Waals surface area contributed by atoms with E-state index in [1.807, 2.05) is 30.3 Å². The van der Waals surface area contributed by atoms with E-state index in [4.69, 9.17) is 16.0 Å². The van der Waals surface area contributed by atoms with Crippen LogP contribution in [0.5, 0.6) is 0 Å². The van der Waals surface area contributed by atoms with E-state index in [0.717, 1.165) is 11.1 Å². The first-order valence-electron chi connectivity index (χ1n) is 7.05. The van der Waals surface area contributed by atoms with Crippen LogP contribution in [0.4, 0.5) is 5.69 Å². The Morgan fingerprint density at radius 2 is 2.00 bits per heavy atom. The van der Waals surface area contributed by atoms with E-state index in [0.29, 0.717) is 22.5 Å². The summed E-state index contributed by atoms with van der Waals surface area (Å²) < 4.78 is 5.39. The minimum Gasteiger partial charge on any atom is -0.421 e. The van der Waals surface area contributed by atoms with Gasteiger partial charge in [0, 0.05) is 23.2 Å². The smallest absolute Gasteiger partial charge is 0.247 e. The van der Waals surface area contributed by atoms with Crippen LogP contribution < -0.4 is 5.32 Å². The number of aromatic nitrogens is 2. The average molecular weight is 328 g/mol. The molecule has 0 saturated heterocycles. The number of aryl methyl sites for hydroxylation is 1. The number of hydrogen-bond acceptors (Lipinski definition) is 4. The van der Waals surface area contributed by atoms with Gasteiger partial charge in [-0.15, -0.1) is 10.2 Å². The summed E-state index contributed by atoms with van der Waals surface area (Å²) in [6, 6.07) is 14.5. The normalized spacial score (nSPS) is 10.5. The molecule has 3 aromatic rings. The molecular formula is C17H14ClN3O2. The first kappa shape index (κ1) is 15.2. The lowest BCUT2D eigenvalue weighted by Gasteiger charge is -2.07. The molecule has 0 unspecified atom stereocenters. The molecule has 1 amide bonds. The number of carbonyl (C=O) groups is 1. The van der Waals surface area contributed by atoms with E-state index in [1.54, 1.807) is 25.1 Å². The molecule has 1 heterocycles. The van der Waals surface area contributed by atoms with Gasteiger partial charge in [0.05, 0.1) is 6.42 Å². The summed E-state index contributed by atoms with van der Waals surface area (Å²) in [7, 11) is 0. The minimum absolute atomic E-state index is 0.142. The number of rotatable bonds is 4. The standard InChI is InChI=1S/C17H14ClN3O2/c1-11-20-21-17(23-11)13-6-4-7-14(9-13)19-16(22)10-12-5-2-3-8-15(12)18/h2-9H,10H2,1H3,(H,19,22). The molecular weight excluding hydrogens is 314 g/mol. The summed E-state index contributed by atoms with van der Waals surface area (Å²) in [4.78, 5) is 12.2. The third-order valence-corrected chi connectivity index (χ3v) is 3.60.